The van der Waals surface area contributed by atoms with E-state index in [0.717, 1.165) is 27.0 Å². The molecule has 1 aliphatic rings. The third kappa shape index (κ3) is 5.21. The van der Waals surface area contributed by atoms with Crippen molar-refractivity contribution in [2.75, 3.05) is 13.7 Å². The lowest BCUT2D eigenvalue weighted by Crippen LogP contribution is -2.40. The summed E-state index contributed by atoms with van der Waals surface area (Å²) in [4.78, 5) is 29.3. The van der Waals surface area contributed by atoms with Crippen molar-refractivity contribution < 1.29 is 31.2 Å². The third-order valence-corrected chi connectivity index (χ3v) is 10.9. The summed E-state index contributed by atoms with van der Waals surface area (Å²) in [6.45, 7) is -0.145. The molecule has 2 N–H and O–H groups in total. The van der Waals surface area contributed by atoms with Crippen LogP contribution >= 0.6 is 34.3 Å². The zero-order valence-corrected chi connectivity index (χ0v) is 22.1. The van der Waals surface area contributed by atoms with Gasteiger partial charge in [0.25, 0.3) is 15.9 Å². The van der Waals surface area contributed by atoms with E-state index in [9.17, 15) is 26.4 Å². The highest BCUT2D eigenvalue weighted by Gasteiger charge is 2.40. The summed E-state index contributed by atoms with van der Waals surface area (Å²) in [5, 5.41) is 5.21. The molecule has 1 aliphatic heterocycles. The van der Waals surface area contributed by atoms with E-state index in [4.69, 9.17) is 21.5 Å². The lowest BCUT2D eigenvalue weighted by atomic mass is 10.2. The number of sulfonamides is 2. The molecule has 1 unspecified atom stereocenters. The predicted molar refractivity (Wildman–Crippen MR) is 130 cm³/mol. The van der Waals surface area contributed by atoms with Crippen molar-refractivity contribution in [3.8, 4) is 0 Å². The number of ether oxygens (including phenoxy) is 1. The van der Waals surface area contributed by atoms with E-state index in [1.807, 2.05) is 0 Å². The minimum Gasteiger partial charge on any atom is -0.468 e. The molecule has 0 radical (unpaired) electrons. The Kier molecular flexibility index (Phi) is 7.21. The second kappa shape index (κ2) is 9.72. The summed E-state index contributed by atoms with van der Waals surface area (Å²) in [5.41, 5.74) is 0.434. The van der Waals surface area contributed by atoms with Crippen molar-refractivity contribution in [3.05, 3.63) is 39.5 Å². The monoisotopic (exact) mass is 578 g/mol. The van der Waals surface area contributed by atoms with Gasteiger partial charge in [-0.15, -0.1) is 11.3 Å². The molecule has 1 atom stereocenters. The number of carbonyl (C=O) groups excluding carboxylic acids is 2. The van der Waals surface area contributed by atoms with Gasteiger partial charge in [0.2, 0.25) is 10.0 Å². The van der Waals surface area contributed by atoms with E-state index in [2.05, 4.69) is 4.99 Å². The highest BCUT2D eigenvalue weighted by Crippen LogP contribution is 2.32. The average molecular weight is 579 g/mol. The van der Waals surface area contributed by atoms with Crippen LogP contribution in [-0.4, -0.2) is 57.3 Å². The molecule has 0 bridgehead atoms. The molecule has 3 heterocycles. The standard InChI is InChI=1S/C19H19ClN4O7S4/c1-31-16(25)10-23-12-5-4-11(34(21,27)28)9-14(12)32-19(23)22-18(26)13-3-2-8-24(13)35(29,30)17-7-6-15(20)33-17/h4-7,9,13H,2-3,8,10H2,1H3,(H2,21,27,28). The van der Waals surface area contributed by atoms with Crippen LogP contribution in [0.1, 0.15) is 12.8 Å². The molecule has 1 fully saturated rings. The molecular formula is C19H19ClN4O7S4. The van der Waals surface area contributed by atoms with Crippen LogP contribution in [0.2, 0.25) is 4.34 Å². The summed E-state index contributed by atoms with van der Waals surface area (Å²) in [5.74, 6) is -1.32. The number of fused-ring (bicyclic) bond motifs is 1. The number of amides is 1. The molecule has 35 heavy (non-hydrogen) atoms. The summed E-state index contributed by atoms with van der Waals surface area (Å²) >= 11 is 7.76. The number of nitrogens with zero attached hydrogens (tertiary/aromatic N) is 3. The Morgan fingerprint density at radius 1 is 1.20 bits per heavy atom. The Morgan fingerprint density at radius 3 is 2.57 bits per heavy atom. The fraction of sp³-hybridized carbons (Fsp3) is 0.316. The second-order valence-corrected chi connectivity index (χ2v) is 13.9. The van der Waals surface area contributed by atoms with Crippen LogP contribution in [0.25, 0.3) is 10.2 Å². The molecule has 0 saturated carbocycles. The zero-order valence-electron chi connectivity index (χ0n) is 18.1. The maximum atomic E-state index is 13.2. The molecule has 1 amide bonds. The summed E-state index contributed by atoms with van der Waals surface area (Å²) in [6.07, 6.45) is 0.745. The van der Waals surface area contributed by atoms with E-state index < -0.39 is 38.0 Å². The van der Waals surface area contributed by atoms with E-state index in [0.29, 0.717) is 21.0 Å². The highest BCUT2D eigenvalue weighted by atomic mass is 35.5. The van der Waals surface area contributed by atoms with E-state index in [-0.39, 0.29) is 33.4 Å². The van der Waals surface area contributed by atoms with Crippen molar-refractivity contribution in [2.24, 2.45) is 10.1 Å². The minimum atomic E-state index is -3.98. The first-order chi connectivity index (χ1) is 16.4. The van der Waals surface area contributed by atoms with Crippen LogP contribution in [0.15, 0.2) is 44.4 Å². The number of thiophene rings is 1. The van der Waals surface area contributed by atoms with Gasteiger partial charge in [-0.1, -0.05) is 22.9 Å². The molecule has 1 saturated heterocycles. The number of esters is 1. The number of nitrogens with two attached hydrogens (primary N) is 1. The number of methoxy groups -OCH3 is 1. The Morgan fingerprint density at radius 2 is 1.94 bits per heavy atom. The second-order valence-electron chi connectivity index (χ2n) is 7.50. The van der Waals surface area contributed by atoms with Gasteiger partial charge in [-0.25, -0.2) is 22.0 Å². The smallest absolute Gasteiger partial charge is 0.325 e. The molecule has 188 valence electrons. The maximum Gasteiger partial charge on any atom is 0.325 e. The largest absolute Gasteiger partial charge is 0.468 e. The number of thiazole rings is 1. The molecule has 0 aliphatic carbocycles. The van der Waals surface area contributed by atoms with E-state index in [1.54, 1.807) is 0 Å². The van der Waals surface area contributed by atoms with Crippen LogP contribution in [0, 0.1) is 0 Å². The summed E-state index contributed by atoms with van der Waals surface area (Å²) < 4.78 is 57.7. The minimum absolute atomic E-state index is 0.0281. The number of halogens is 1. The molecule has 11 nitrogen and oxygen atoms in total. The van der Waals surface area contributed by atoms with Crippen LogP contribution in [-0.2, 0) is 40.9 Å². The fourth-order valence-corrected chi connectivity index (χ4v) is 8.61. The molecule has 0 spiro atoms. The van der Waals surface area contributed by atoms with E-state index in [1.165, 1.54) is 42.0 Å². The molecule has 4 rings (SSSR count). The van der Waals surface area contributed by atoms with Gasteiger partial charge in [0.15, 0.2) is 4.80 Å². The van der Waals surface area contributed by atoms with E-state index >= 15 is 0 Å². The molecule has 1 aromatic carbocycles. The van der Waals surface area contributed by atoms with Crippen LogP contribution in [0.5, 0.6) is 0 Å². The van der Waals surface area contributed by atoms with Crippen molar-refractivity contribution in [2.45, 2.75) is 34.5 Å². The Labute approximate surface area is 213 Å². The first kappa shape index (κ1) is 25.9. The molecule has 3 aromatic rings. The van der Waals surface area contributed by atoms with Gasteiger partial charge in [0.05, 0.1) is 26.6 Å². The van der Waals surface area contributed by atoms with Crippen LogP contribution in [0.4, 0.5) is 0 Å². The van der Waals surface area contributed by atoms with Crippen molar-refractivity contribution >= 4 is 76.4 Å². The van der Waals surface area contributed by atoms with Gasteiger partial charge in [-0.2, -0.15) is 9.30 Å². The number of hydrogen-bond donors (Lipinski definition) is 1. The Hall–Kier alpha value is -2.14. The predicted octanol–water partition coefficient (Wildman–Crippen LogP) is 1.52. The van der Waals surface area contributed by atoms with Gasteiger partial charge in [-0.05, 0) is 43.2 Å². The Balaban J connectivity index is 1.78. The lowest BCUT2D eigenvalue weighted by molar-refractivity contribution is -0.141. The third-order valence-electron chi connectivity index (χ3n) is 5.30. The van der Waals surface area contributed by atoms with Crippen molar-refractivity contribution in [1.29, 1.82) is 0 Å². The van der Waals surface area contributed by atoms with Gasteiger partial charge >= 0.3 is 5.97 Å². The quantitative estimate of drug-likeness (QED) is 0.434. The van der Waals surface area contributed by atoms with Crippen molar-refractivity contribution in [1.82, 2.24) is 8.87 Å². The SMILES string of the molecule is COC(=O)Cn1c(=NC(=O)C2CCCN2S(=O)(=O)c2ccc(Cl)s2)sc2cc(S(N)(=O)=O)ccc21. The number of hydrogen-bond acceptors (Lipinski definition) is 9. The molecule has 16 heteroatoms. The number of primary sulfonamides is 1. The number of aromatic nitrogens is 1. The zero-order chi connectivity index (χ0) is 25.5. The first-order valence-electron chi connectivity index (χ1n) is 10.0. The van der Waals surface area contributed by atoms with Crippen molar-refractivity contribution in [3.63, 3.8) is 0 Å². The normalized spacial score (nSPS) is 17.8. The Bertz CT molecular complexity index is 1600. The van der Waals surface area contributed by atoms with Crippen LogP contribution < -0.4 is 9.94 Å². The van der Waals surface area contributed by atoms with Gasteiger partial charge in [-0.3, -0.25) is 9.59 Å². The average Bonchev–Trinajstić information content (AvgIpc) is 3.52. The van der Waals surface area contributed by atoms with Gasteiger partial charge < -0.3 is 9.30 Å². The first-order valence-corrected chi connectivity index (χ1v) is 15.0. The molecule has 2 aromatic heterocycles. The maximum absolute atomic E-state index is 13.2. The lowest BCUT2D eigenvalue weighted by Gasteiger charge is -2.20. The number of benzene rings is 1. The van der Waals surface area contributed by atoms with Gasteiger partial charge in [0, 0.05) is 6.54 Å². The number of carbonyl (C=O) groups is 2. The highest BCUT2D eigenvalue weighted by molar-refractivity contribution is 7.91. The summed E-state index contributed by atoms with van der Waals surface area (Å²) in [7, 11) is -6.73. The topological polar surface area (TPSA) is 158 Å². The fourth-order valence-electron chi connectivity index (χ4n) is 3.66. The van der Waals surface area contributed by atoms with Gasteiger partial charge in [0.1, 0.15) is 16.8 Å². The number of rotatable bonds is 6. The summed E-state index contributed by atoms with van der Waals surface area (Å²) in [6, 6.07) is 5.88. The molecular weight excluding hydrogens is 560 g/mol. The van der Waals surface area contributed by atoms with Crippen LogP contribution in [0.3, 0.4) is 0 Å².